The van der Waals surface area contributed by atoms with Crippen LogP contribution in [0.3, 0.4) is 0 Å². The summed E-state index contributed by atoms with van der Waals surface area (Å²) < 4.78 is 57.8. The van der Waals surface area contributed by atoms with E-state index in [4.69, 9.17) is 8.53 Å². The molecule has 103 heavy (non-hydrogen) atoms. The lowest BCUT2D eigenvalue weighted by atomic mass is 10.2. The Morgan fingerprint density at radius 1 is 0.398 bits per heavy atom. The van der Waals surface area contributed by atoms with Crippen LogP contribution in [0.25, 0.3) is 145 Å². The highest BCUT2D eigenvalue weighted by Gasteiger charge is 2.40. The number of fused-ring (bicyclic) bond motifs is 35. The van der Waals surface area contributed by atoms with E-state index in [2.05, 4.69) is 164 Å². The van der Waals surface area contributed by atoms with Gasteiger partial charge < -0.3 is 4.42 Å². The van der Waals surface area contributed by atoms with E-state index < -0.39 is 6.98 Å². The van der Waals surface area contributed by atoms with E-state index in [1.807, 2.05) is 167 Å². The summed E-state index contributed by atoms with van der Waals surface area (Å²) in [6, 6.07) is 37.5. The fourth-order valence-electron chi connectivity index (χ4n) is 16.0. The Morgan fingerprint density at radius 2 is 0.874 bits per heavy atom. The number of hydrogen-bond donors (Lipinski definition) is 0. The van der Waals surface area contributed by atoms with E-state index in [0.717, 1.165) is 99.0 Å². The monoisotopic (exact) mass is 1370 g/mol. The normalized spacial score (nSPS) is 13.5. The molecule has 25 heteroatoms. The van der Waals surface area contributed by atoms with Crippen molar-refractivity contribution < 1.29 is 31.4 Å². The van der Waals surface area contributed by atoms with Crippen molar-refractivity contribution in [1.82, 2.24) is 85.5 Å². The molecule has 0 radical (unpaired) electrons. The lowest BCUT2D eigenvalue weighted by molar-refractivity contribution is -0.649. The highest BCUT2D eigenvalue weighted by Crippen LogP contribution is 2.39. The fraction of sp³-hybridized carbons (Fsp3) is 0.0897. The highest BCUT2D eigenvalue weighted by atomic mass is 32.1. The Morgan fingerprint density at radius 3 is 1.51 bits per heavy atom. The van der Waals surface area contributed by atoms with Gasteiger partial charge >= 0.3 is 5.89 Å². The molecule has 25 heterocycles. The summed E-state index contributed by atoms with van der Waals surface area (Å²) in [7, 11) is 2.11. The number of pyridine rings is 5. The number of oxazole rings is 1. The van der Waals surface area contributed by atoms with E-state index >= 15 is 0 Å². The Balaban J connectivity index is 0.0000000830. The molecule has 0 saturated heterocycles. The zero-order valence-corrected chi connectivity index (χ0v) is 55.5. The minimum absolute atomic E-state index is 0.640. The molecule has 20 aromatic heterocycles. The number of aromatic nitrogens is 23. The lowest BCUT2D eigenvalue weighted by Crippen LogP contribution is -2.32. The number of benzene rings is 1. The molecule has 0 atom stereocenters. The van der Waals surface area contributed by atoms with Crippen LogP contribution < -0.4 is 22.8 Å². The average molecular weight is 1370 g/mol. The molecule has 26 rings (SSSR count). The van der Waals surface area contributed by atoms with Crippen molar-refractivity contribution in [2.75, 3.05) is 0 Å². The first kappa shape index (κ1) is 54.1. The van der Waals surface area contributed by atoms with E-state index in [9.17, 15) is 0 Å². The second-order valence-electron chi connectivity index (χ2n) is 26.0. The Labute approximate surface area is 590 Å². The summed E-state index contributed by atoms with van der Waals surface area (Å²) in [6.07, 6.45) is 40.7. The maximum atomic E-state index is 7.99. The predicted molar refractivity (Wildman–Crippen MR) is 384 cm³/mol. The van der Waals surface area contributed by atoms with Crippen LogP contribution in [-0.4, -0.2) is 85.5 Å². The van der Waals surface area contributed by atoms with Gasteiger partial charge in [0, 0.05) is 139 Å². The summed E-state index contributed by atoms with van der Waals surface area (Å²) >= 11 is 1.81. The maximum absolute atomic E-state index is 7.99. The fourth-order valence-corrected chi connectivity index (χ4v) is 17.3. The first-order chi connectivity index (χ1) is 52.1. The van der Waals surface area contributed by atoms with Crippen molar-refractivity contribution in [2.24, 2.45) is 14.0 Å². The molecule has 0 bridgehead atoms. The molecule has 0 fully saturated rings. The van der Waals surface area contributed by atoms with Gasteiger partial charge in [0.1, 0.15) is 47.8 Å². The van der Waals surface area contributed by atoms with Crippen LogP contribution in [0.2, 0.25) is 0 Å². The molecule has 21 aromatic rings. The standard InChI is InChI=1S/C20H14N5.2C15H12N5.C14H9N4O.C14H9N4S/c1-2-4-15(5-3-1)25-19-17-11-21-8-6-14(17)12-23(19)18-10-16-7-9-22-13-24(16)20(18)25;2*1-18-13-6-11-7-17-4-5-19(11)15(13)20-9-10-2-3-16-8-12(10)14(18)20;2*1-3-15-6-11-9(1)7-17-12-5-10-2-4-16-8-18(10)14(12)19-13(11)17/h1-11,13H,12H2;2*2-8H,9H2,1H3;2*1-6,8H,7H2/q5*+1/i;1D3;;;. The third kappa shape index (κ3) is 8.35. The van der Waals surface area contributed by atoms with Crippen LogP contribution in [0.5, 0.6) is 0 Å². The van der Waals surface area contributed by atoms with Gasteiger partial charge in [0.15, 0.2) is 34.5 Å². The molecule has 0 unspecified atom stereocenters. The van der Waals surface area contributed by atoms with Gasteiger partial charge in [0.05, 0.1) is 107 Å². The van der Waals surface area contributed by atoms with Gasteiger partial charge in [0.2, 0.25) is 17.2 Å². The molecule has 0 N–H and O–H groups in total. The number of thiazole rings is 1. The molecule has 490 valence electrons. The van der Waals surface area contributed by atoms with E-state index in [1.165, 1.54) is 92.7 Å². The van der Waals surface area contributed by atoms with E-state index in [-0.39, 0.29) is 0 Å². The minimum Gasteiger partial charge on any atom is -0.380 e. The number of para-hydroxylation sites is 1. The summed E-state index contributed by atoms with van der Waals surface area (Å²) in [6.45, 7) is 1.92. The van der Waals surface area contributed by atoms with Crippen LogP contribution in [0.15, 0.2) is 250 Å². The van der Waals surface area contributed by atoms with Crippen molar-refractivity contribution in [3.8, 4) is 61.9 Å². The Kier molecular flexibility index (Phi) is 11.5. The first-order valence-electron chi connectivity index (χ1n) is 35.0. The van der Waals surface area contributed by atoms with Gasteiger partial charge in [0.25, 0.3) is 39.0 Å². The number of imidazole rings is 3. The summed E-state index contributed by atoms with van der Waals surface area (Å²) in [5, 5.41) is 1.30. The van der Waals surface area contributed by atoms with Crippen LogP contribution in [-0.2, 0) is 46.7 Å². The third-order valence-corrected chi connectivity index (χ3v) is 21.8. The van der Waals surface area contributed by atoms with Crippen LogP contribution in [0.1, 0.15) is 31.9 Å². The third-order valence-electron chi connectivity index (χ3n) is 20.6. The number of aryl methyl sites for hydroxylation is 2. The average Bonchev–Trinajstić information content (AvgIpc) is 1.57. The number of hydrogen-bond acceptors (Lipinski definition) is 12. The number of nitrogens with zero attached hydrogens (tertiary/aromatic N) is 23. The van der Waals surface area contributed by atoms with Crippen molar-refractivity contribution in [1.29, 1.82) is 0 Å². The van der Waals surface area contributed by atoms with Crippen molar-refractivity contribution in [3.05, 3.63) is 274 Å². The van der Waals surface area contributed by atoms with Crippen molar-refractivity contribution in [2.45, 2.75) is 32.7 Å². The van der Waals surface area contributed by atoms with Gasteiger partial charge in [-0.3, -0.25) is 57.2 Å². The van der Waals surface area contributed by atoms with Gasteiger partial charge in [-0.15, -0.1) is 0 Å². The molecule has 0 amide bonds. The minimum atomic E-state index is -2.27. The largest absolute Gasteiger partial charge is 0.385 e. The SMILES string of the molecule is Cn1c2[n+](c3c1cc1cnccn13)Cc1ccncc1-2.[2H]C([2H])([2H])n1c2[n+](c3c1cc1cnccn13)Cc1ccncc1-2.c1cc2c(cn1)-c1oc3c(cc4ccncn43)[n+]1C2.c1cc2c(cn1)-c1sc3c(cc4ccncn43)[n+]1C2.c1ccc(-n2c3[n+](c4cc5ccncn5c42)Cc2ccncc2-3)cc1. The van der Waals surface area contributed by atoms with Crippen LogP contribution in [0, 0.1) is 0 Å². The van der Waals surface area contributed by atoms with Crippen molar-refractivity contribution >= 4 is 94.0 Å². The predicted octanol–water partition coefficient (Wildman–Crippen LogP) is 10.1. The highest BCUT2D eigenvalue weighted by molar-refractivity contribution is 7.20. The molecular formula is C78H56N23OS+5. The van der Waals surface area contributed by atoms with Crippen LogP contribution >= 0.6 is 11.3 Å². The summed E-state index contributed by atoms with van der Waals surface area (Å²) in [4.78, 5) is 43.5. The molecule has 0 saturated carbocycles. The lowest BCUT2D eigenvalue weighted by Gasteiger charge is -2.02. The first-order valence-corrected chi connectivity index (χ1v) is 34.4. The molecule has 5 aliphatic heterocycles. The van der Waals surface area contributed by atoms with Gasteiger partial charge in [-0.1, -0.05) is 18.2 Å². The van der Waals surface area contributed by atoms with E-state index in [1.54, 1.807) is 37.3 Å². The molecule has 0 aliphatic carbocycles. The van der Waals surface area contributed by atoms with Gasteiger partial charge in [-0.2, -0.15) is 13.7 Å². The Hall–Kier alpha value is -13.8. The topological polar surface area (TPSA) is 198 Å². The second kappa shape index (κ2) is 21.8. The number of rotatable bonds is 1. The smallest absolute Gasteiger partial charge is 0.380 e. The molecule has 24 nitrogen and oxygen atoms in total. The van der Waals surface area contributed by atoms with Crippen molar-refractivity contribution in [3.63, 3.8) is 0 Å². The quantitative estimate of drug-likeness (QED) is 0.142. The van der Waals surface area contributed by atoms with Crippen LogP contribution in [0.4, 0.5) is 0 Å². The molecule has 0 spiro atoms. The zero-order valence-electron chi connectivity index (χ0n) is 57.7. The summed E-state index contributed by atoms with van der Waals surface area (Å²) in [5.41, 5.74) is 28.1. The van der Waals surface area contributed by atoms with Gasteiger partial charge in [-0.05, 0) is 72.0 Å². The maximum Gasteiger partial charge on any atom is 0.385 e. The van der Waals surface area contributed by atoms with E-state index in [0.29, 0.717) is 17.9 Å². The van der Waals surface area contributed by atoms with Gasteiger partial charge in [-0.25, -0.2) is 37.5 Å². The molecule has 5 aliphatic rings. The molecule has 1 aromatic carbocycles. The molecular weight excluding hydrogens is 1310 g/mol. The Bertz CT molecular complexity index is 7090. The summed E-state index contributed by atoms with van der Waals surface area (Å²) in [5.74, 6) is 3.97. The second-order valence-corrected chi connectivity index (χ2v) is 27.0. The zero-order chi connectivity index (χ0) is 70.2.